The monoisotopic (exact) mass is 435 g/mol. The van der Waals surface area contributed by atoms with Crippen LogP contribution in [0.5, 0.6) is 5.75 Å². The number of carbonyl (C=O) groups is 2. The van der Waals surface area contributed by atoms with E-state index in [0.717, 1.165) is 0 Å². The molecule has 1 atom stereocenters. The Hall–Kier alpha value is -2.43. The van der Waals surface area contributed by atoms with E-state index >= 15 is 0 Å². The lowest BCUT2D eigenvalue weighted by molar-refractivity contribution is -0.122. The van der Waals surface area contributed by atoms with Crippen LogP contribution < -0.4 is 10.1 Å². The zero-order valence-electron chi connectivity index (χ0n) is 16.0. The summed E-state index contributed by atoms with van der Waals surface area (Å²) in [5.74, 6) is 0.00644. The van der Waals surface area contributed by atoms with Crippen LogP contribution in [0.25, 0.3) is 0 Å². The van der Waals surface area contributed by atoms with Gasteiger partial charge in [-0.05, 0) is 36.9 Å². The summed E-state index contributed by atoms with van der Waals surface area (Å²) in [6.45, 7) is 4.42. The summed E-state index contributed by atoms with van der Waals surface area (Å²) in [4.78, 5) is 26.7. The van der Waals surface area contributed by atoms with Crippen LogP contribution in [-0.4, -0.2) is 61.7 Å². The maximum atomic E-state index is 13.2. The van der Waals surface area contributed by atoms with E-state index in [1.807, 2.05) is 11.4 Å². The Kier molecular flexibility index (Phi) is 5.09. The van der Waals surface area contributed by atoms with Gasteiger partial charge in [0, 0.05) is 32.2 Å². The second kappa shape index (κ2) is 7.43. The third kappa shape index (κ3) is 3.63. The van der Waals surface area contributed by atoms with Gasteiger partial charge in [-0.3, -0.25) is 9.59 Å². The molecule has 1 N–H and O–H groups in total. The van der Waals surface area contributed by atoms with E-state index in [9.17, 15) is 18.0 Å². The van der Waals surface area contributed by atoms with Gasteiger partial charge in [-0.2, -0.15) is 4.31 Å². The molecule has 0 radical (unpaired) electrons. The molecule has 8 nitrogen and oxygen atoms in total. The Bertz CT molecular complexity index is 1060. The van der Waals surface area contributed by atoms with Gasteiger partial charge in [-0.1, -0.05) is 6.07 Å². The van der Waals surface area contributed by atoms with Crippen molar-refractivity contribution in [1.29, 1.82) is 0 Å². The zero-order valence-corrected chi connectivity index (χ0v) is 17.7. The number of benzene rings is 1. The van der Waals surface area contributed by atoms with Crippen LogP contribution in [0.3, 0.4) is 0 Å². The summed E-state index contributed by atoms with van der Waals surface area (Å²) < 4.78 is 33.4. The summed E-state index contributed by atoms with van der Waals surface area (Å²) in [6, 6.07) is 6.68. The molecule has 29 heavy (non-hydrogen) atoms. The first-order valence-corrected chi connectivity index (χ1v) is 11.5. The highest BCUT2D eigenvalue weighted by atomic mass is 32.2. The smallest absolute Gasteiger partial charge is 0.265 e. The van der Waals surface area contributed by atoms with Crippen molar-refractivity contribution >= 4 is 38.9 Å². The van der Waals surface area contributed by atoms with Crippen molar-refractivity contribution in [1.82, 2.24) is 9.21 Å². The molecule has 3 heterocycles. The summed E-state index contributed by atoms with van der Waals surface area (Å²) in [5.41, 5.74) is 0.996. The highest BCUT2D eigenvalue weighted by Gasteiger charge is 2.33. The van der Waals surface area contributed by atoms with Crippen LogP contribution in [0, 0.1) is 6.92 Å². The molecule has 2 aromatic rings. The molecule has 154 valence electrons. The average molecular weight is 436 g/mol. The number of ether oxygens (including phenoxy) is 1. The zero-order chi connectivity index (χ0) is 20.8. The van der Waals surface area contributed by atoms with Crippen molar-refractivity contribution in [2.24, 2.45) is 0 Å². The van der Waals surface area contributed by atoms with Crippen molar-refractivity contribution < 1.29 is 22.7 Å². The lowest BCUT2D eigenvalue weighted by Gasteiger charge is -2.34. The Morgan fingerprint density at radius 1 is 1.24 bits per heavy atom. The molecule has 2 amide bonds. The fourth-order valence-corrected chi connectivity index (χ4v) is 5.78. The predicted molar refractivity (Wildman–Crippen MR) is 109 cm³/mol. The number of amides is 2. The number of sulfonamides is 1. The Labute approximate surface area is 173 Å². The average Bonchev–Trinajstić information content (AvgIpc) is 3.23. The van der Waals surface area contributed by atoms with Crippen molar-refractivity contribution in [3.8, 4) is 5.75 Å². The highest BCUT2D eigenvalue weighted by Crippen LogP contribution is 2.35. The number of piperazine rings is 1. The molecule has 1 aromatic heterocycles. The molecule has 2 aliphatic rings. The van der Waals surface area contributed by atoms with Gasteiger partial charge in [-0.25, -0.2) is 8.42 Å². The molecule has 4 rings (SSSR count). The van der Waals surface area contributed by atoms with Crippen molar-refractivity contribution in [2.45, 2.75) is 24.8 Å². The second-order valence-corrected chi connectivity index (χ2v) is 9.89. The van der Waals surface area contributed by atoms with E-state index in [4.69, 9.17) is 4.74 Å². The van der Waals surface area contributed by atoms with E-state index in [1.165, 1.54) is 21.7 Å². The van der Waals surface area contributed by atoms with E-state index < -0.39 is 16.1 Å². The van der Waals surface area contributed by atoms with Crippen molar-refractivity contribution in [3.05, 3.63) is 40.1 Å². The summed E-state index contributed by atoms with van der Waals surface area (Å²) in [7, 11) is -3.75. The maximum absolute atomic E-state index is 13.2. The van der Waals surface area contributed by atoms with Gasteiger partial charge >= 0.3 is 0 Å². The van der Waals surface area contributed by atoms with Crippen LogP contribution in [0.15, 0.2) is 34.5 Å². The Balaban J connectivity index is 1.53. The number of rotatable bonds is 3. The minimum atomic E-state index is -3.75. The molecular weight excluding hydrogens is 414 g/mol. The molecular formula is C19H21N3O5S2. The molecule has 1 aromatic carbocycles. The maximum Gasteiger partial charge on any atom is 0.265 e. The predicted octanol–water partition coefficient (Wildman–Crippen LogP) is 1.92. The van der Waals surface area contributed by atoms with Crippen LogP contribution >= 0.6 is 11.3 Å². The van der Waals surface area contributed by atoms with Crippen LogP contribution in [0.2, 0.25) is 0 Å². The van der Waals surface area contributed by atoms with Gasteiger partial charge in [0.1, 0.15) is 5.75 Å². The number of hydrogen-bond donors (Lipinski definition) is 1. The van der Waals surface area contributed by atoms with Crippen LogP contribution in [0.4, 0.5) is 5.69 Å². The normalized spacial score (nSPS) is 20.0. The molecule has 0 bridgehead atoms. The molecule has 0 aliphatic carbocycles. The fourth-order valence-electron chi connectivity index (χ4n) is 3.45. The molecule has 1 fully saturated rings. The first-order chi connectivity index (χ1) is 13.8. The number of nitrogens with one attached hydrogen (secondary N) is 1. The second-order valence-electron chi connectivity index (χ2n) is 7.04. The summed E-state index contributed by atoms with van der Waals surface area (Å²) in [6.07, 6.45) is -0.687. The first-order valence-electron chi connectivity index (χ1n) is 9.22. The Morgan fingerprint density at radius 2 is 1.97 bits per heavy atom. The van der Waals surface area contributed by atoms with Gasteiger partial charge < -0.3 is 15.0 Å². The fraction of sp³-hybridized carbons (Fsp3) is 0.368. The number of fused-ring (bicyclic) bond motifs is 1. The molecule has 1 saturated heterocycles. The third-order valence-corrected chi connectivity index (χ3v) is 7.98. The highest BCUT2D eigenvalue weighted by molar-refractivity contribution is 7.89. The minimum Gasteiger partial charge on any atom is -0.479 e. The number of aryl methyl sites for hydroxylation is 1. The number of thiophene rings is 1. The van der Waals surface area contributed by atoms with E-state index in [0.29, 0.717) is 35.0 Å². The lowest BCUT2D eigenvalue weighted by atomic mass is 10.1. The van der Waals surface area contributed by atoms with E-state index in [-0.39, 0.29) is 29.8 Å². The van der Waals surface area contributed by atoms with Crippen LogP contribution in [0.1, 0.15) is 22.2 Å². The molecule has 2 aliphatic heterocycles. The van der Waals surface area contributed by atoms with Gasteiger partial charge in [0.2, 0.25) is 10.0 Å². The van der Waals surface area contributed by atoms with Gasteiger partial charge in [0.05, 0.1) is 15.5 Å². The van der Waals surface area contributed by atoms with E-state index in [1.54, 1.807) is 30.9 Å². The third-order valence-electron chi connectivity index (χ3n) is 5.08. The van der Waals surface area contributed by atoms with E-state index in [2.05, 4.69) is 5.32 Å². The molecule has 10 heteroatoms. The number of carbonyl (C=O) groups excluding carboxylic acids is 2. The van der Waals surface area contributed by atoms with Gasteiger partial charge in [-0.15, -0.1) is 11.3 Å². The topological polar surface area (TPSA) is 96.0 Å². The number of hydrogen-bond acceptors (Lipinski definition) is 6. The largest absolute Gasteiger partial charge is 0.479 e. The quantitative estimate of drug-likeness (QED) is 0.795. The number of nitrogens with zero attached hydrogens (tertiary/aromatic N) is 2. The summed E-state index contributed by atoms with van der Waals surface area (Å²) >= 11 is 1.38. The van der Waals surface area contributed by atoms with Gasteiger partial charge in [0.15, 0.2) is 6.10 Å². The first kappa shape index (κ1) is 19.9. The van der Waals surface area contributed by atoms with Crippen molar-refractivity contribution in [2.75, 3.05) is 31.5 Å². The molecule has 0 unspecified atom stereocenters. The lowest BCUT2D eigenvalue weighted by Crippen LogP contribution is -2.50. The number of anilines is 1. The molecule has 0 spiro atoms. The van der Waals surface area contributed by atoms with Crippen molar-refractivity contribution in [3.63, 3.8) is 0 Å². The SMILES string of the molecule is Cc1cc2c(cc1S(=O)(=O)N1CCN(C(=O)c3cccs3)CC1)O[C@H](C)C(=O)N2. The van der Waals surface area contributed by atoms with Crippen LogP contribution in [-0.2, 0) is 14.8 Å². The minimum absolute atomic E-state index is 0.0693. The van der Waals surface area contributed by atoms with Gasteiger partial charge in [0.25, 0.3) is 11.8 Å². The standard InChI is InChI=1S/C19H21N3O5S2/c1-12-10-14-15(27-13(2)18(23)20-14)11-17(12)29(25,26)22-7-5-21(6-8-22)19(24)16-4-3-9-28-16/h3-4,9-11,13H,5-8H2,1-2H3,(H,20,23)/t13-/m1/s1. The summed E-state index contributed by atoms with van der Waals surface area (Å²) in [5, 5.41) is 4.57. The Morgan fingerprint density at radius 3 is 2.62 bits per heavy atom. The molecule has 0 saturated carbocycles.